The maximum Gasteiger partial charge on any atom is 0.354 e. The molecule has 1 aromatic rings. The minimum atomic E-state index is -0.970. The van der Waals surface area contributed by atoms with Crippen LogP contribution in [0.3, 0.4) is 0 Å². The van der Waals surface area contributed by atoms with Gasteiger partial charge in [-0.05, 0) is 31.1 Å². The molecule has 0 aliphatic carbocycles. The quantitative estimate of drug-likeness (QED) is 0.680. The average molecular weight is 392 g/mol. The van der Waals surface area contributed by atoms with Crippen molar-refractivity contribution in [2.75, 3.05) is 19.0 Å². The molecule has 2 aliphatic heterocycles. The Hall–Kier alpha value is -2.19. The number of fused-ring (bicyclic) bond motifs is 1. The number of carbonyl (C=O) groups excluding carboxylic acids is 2. The zero-order valence-electron chi connectivity index (χ0n) is 15.4. The number of carbonyl (C=O) groups is 2. The maximum absolute atomic E-state index is 12.3. The number of para-hydroxylation sites is 1. The van der Waals surface area contributed by atoms with Gasteiger partial charge in [0.2, 0.25) is 0 Å². The summed E-state index contributed by atoms with van der Waals surface area (Å²) in [7, 11) is 0. The maximum atomic E-state index is 12.3. The van der Waals surface area contributed by atoms with E-state index in [4.69, 9.17) is 9.47 Å². The van der Waals surface area contributed by atoms with E-state index < -0.39 is 18.2 Å². The van der Waals surface area contributed by atoms with Crippen molar-refractivity contribution in [1.29, 1.82) is 0 Å². The molecule has 2 heterocycles. The Balaban J connectivity index is 1.57. The molecule has 27 heavy (non-hydrogen) atoms. The minimum Gasteiger partial charge on any atom is -0.484 e. The van der Waals surface area contributed by atoms with E-state index in [2.05, 4.69) is 5.32 Å². The molecule has 0 radical (unpaired) electrons. The lowest BCUT2D eigenvalue weighted by Gasteiger charge is -2.55. The number of aliphatic hydroxyl groups excluding tert-OH is 1. The number of nitrogens with one attached hydrogen (secondary N) is 1. The van der Waals surface area contributed by atoms with E-state index >= 15 is 0 Å². The second-order valence-corrected chi connectivity index (χ2v) is 7.59. The lowest BCUT2D eigenvalue weighted by molar-refractivity contribution is -0.152. The Morgan fingerprint density at radius 3 is 2.78 bits per heavy atom. The number of ether oxygens (including phenoxy) is 2. The number of benzene rings is 1. The summed E-state index contributed by atoms with van der Waals surface area (Å²) < 4.78 is 10.7. The van der Waals surface area contributed by atoms with Crippen LogP contribution < -0.4 is 10.1 Å². The molecule has 0 spiro atoms. The lowest BCUT2D eigenvalue weighted by atomic mass is 10.0. The first-order valence-corrected chi connectivity index (χ1v) is 10.00. The summed E-state index contributed by atoms with van der Waals surface area (Å²) in [6.07, 6.45) is -0.235. The van der Waals surface area contributed by atoms with Gasteiger partial charge in [0, 0.05) is 5.75 Å². The van der Waals surface area contributed by atoms with Gasteiger partial charge in [-0.3, -0.25) is 4.79 Å². The van der Waals surface area contributed by atoms with E-state index in [-0.39, 0.29) is 17.9 Å². The second kappa shape index (κ2) is 8.67. The van der Waals surface area contributed by atoms with Crippen LogP contribution in [-0.2, 0) is 14.3 Å². The van der Waals surface area contributed by atoms with Crippen molar-refractivity contribution in [3.8, 4) is 5.75 Å². The summed E-state index contributed by atoms with van der Waals surface area (Å²) in [6.45, 7) is 3.99. The summed E-state index contributed by atoms with van der Waals surface area (Å²) in [5.74, 6) is 0.521. The first-order chi connectivity index (χ1) is 13.0. The molecule has 3 unspecified atom stereocenters. The van der Waals surface area contributed by atoms with Crippen molar-refractivity contribution in [2.45, 2.75) is 37.9 Å². The Labute approximate surface area is 162 Å². The fourth-order valence-corrected chi connectivity index (χ4v) is 4.43. The van der Waals surface area contributed by atoms with Gasteiger partial charge in [0.25, 0.3) is 5.91 Å². The van der Waals surface area contributed by atoms with Crippen molar-refractivity contribution in [3.05, 3.63) is 41.6 Å². The number of esters is 1. The Morgan fingerprint density at radius 2 is 2.07 bits per heavy atom. The van der Waals surface area contributed by atoms with Crippen molar-refractivity contribution in [1.82, 2.24) is 10.2 Å². The Kier molecular flexibility index (Phi) is 6.28. The lowest BCUT2D eigenvalue weighted by Crippen LogP contribution is -2.73. The summed E-state index contributed by atoms with van der Waals surface area (Å²) >= 11 is 1.58. The molecule has 3 rings (SSSR count). The van der Waals surface area contributed by atoms with Gasteiger partial charge in [-0.25, -0.2) is 4.79 Å². The molecule has 3 atom stereocenters. The van der Waals surface area contributed by atoms with Crippen LogP contribution in [0.1, 0.15) is 20.3 Å². The van der Waals surface area contributed by atoms with E-state index in [1.807, 2.05) is 32.0 Å². The number of amides is 1. The molecule has 1 amide bonds. The van der Waals surface area contributed by atoms with Crippen molar-refractivity contribution >= 4 is 23.6 Å². The van der Waals surface area contributed by atoms with Gasteiger partial charge < -0.3 is 24.8 Å². The van der Waals surface area contributed by atoms with Gasteiger partial charge in [-0.1, -0.05) is 25.1 Å². The van der Waals surface area contributed by atoms with E-state index in [1.165, 1.54) is 0 Å². The number of hydrogen-bond acceptors (Lipinski definition) is 7. The largest absolute Gasteiger partial charge is 0.484 e. The topological polar surface area (TPSA) is 88.1 Å². The second-order valence-electron chi connectivity index (χ2n) is 6.48. The third-order valence-corrected chi connectivity index (χ3v) is 5.85. The number of hydrogen-bond donors (Lipinski definition) is 2. The molecular formula is C19H24N2O5S. The molecule has 2 N–H and O–H groups in total. The number of rotatable bonds is 7. The normalized spacial score (nSPS) is 24.0. The van der Waals surface area contributed by atoms with Gasteiger partial charge >= 0.3 is 5.97 Å². The third-order valence-electron chi connectivity index (χ3n) is 4.39. The molecule has 0 bridgehead atoms. The van der Waals surface area contributed by atoms with E-state index in [0.29, 0.717) is 23.8 Å². The van der Waals surface area contributed by atoms with Crippen LogP contribution in [0, 0.1) is 0 Å². The van der Waals surface area contributed by atoms with Crippen LogP contribution in [0.25, 0.3) is 0 Å². The van der Waals surface area contributed by atoms with Gasteiger partial charge in [0.05, 0.1) is 6.61 Å². The molecule has 1 fully saturated rings. The molecule has 0 aromatic heterocycles. The minimum absolute atomic E-state index is 0.134. The van der Waals surface area contributed by atoms with E-state index in [0.717, 1.165) is 12.0 Å². The zero-order chi connectivity index (χ0) is 19.4. The summed E-state index contributed by atoms with van der Waals surface area (Å²) in [6, 6.07) is 8.59. The Bertz CT molecular complexity index is 724. The van der Waals surface area contributed by atoms with Gasteiger partial charge in [0.15, 0.2) is 12.8 Å². The van der Waals surface area contributed by atoms with Crippen molar-refractivity contribution in [2.24, 2.45) is 0 Å². The third kappa shape index (κ3) is 4.22. The summed E-state index contributed by atoms with van der Waals surface area (Å²) in [4.78, 5) is 26.2. The summed E-state index contributed by atoms with van der Waals surface area (Å²) in [5.41, 5.74) is 1.28. The van der Waals surface area contributed by atoms with Crippen molar-refractivity contribution in [3.63, 3.8) is 0 Å². The molecule has 146 valence electrons. The molecule has 2 aliphatic rings. The fourth-order valence-electron chi connectivity index (χ4n) is 3.07. The van der Waals surface area contributed by atoms with Crippen LogP contribution >= 0.6 is 11.8 Å². The van der Waals surface area contributed by atoms with Gasteiger partial charge in [0.1, 0.15) is 22.9 Å². The molecule has 7 nitrogen and oxygen atoms in total. The molecule has 1 aromatic carbocycles. The average Bonchev–Trinajstić information content (AvgIpc) is 2.69. The fraction of sp³-hybridized carbons (Fsp3) is 0.474. The SMILES string of the molecule is CCCOC(=O)C1=C(C)CSC2C(NC(=O)COc3ccccc3)C(O)N12. The van der Waals surface area contributed by atoms with Crippen LogP contribution in [0.2, 0.25) is 0 Å². The monoisotopic (exact) mass is 392 g/mol. The molecule has 8 heteroatoms. The van der Waals surface area contributed by atoms with Crippen LogP contribution in [0.4, 0.5) is 0 Å². The first-order valence-electron chi connectivity index (χ1n) is 8.95. The predicted molar refractivity (Wildman–Crippen MR) is 102 cm³/mol. The van der Waals surface area contributed by atoms with Gasteiger partial charge in [-0.15, -0.1) is 11.8 Å². The number of thioether (sulfide) groups is 1. The number of aliphatic hydroxyl groups is 1. The Morgan fingerprint density at radius 1 is 1.33 bits per heavy atom. The van der Waals surface area contributed by atoms with Crippen LogP contribution in [0.15, 0.2) is 41.6 Å². The first kappa shape index (κ1) is 19.6. The zero-order valence-corrected chi connectivity index (χ0v) is 16.2. The molecule has 1 saturated heterocycles. The number of nitrogens with zero attached hydrogens (tertiary/aromatic N) is 1. The van der Waals surface area contributed by atoms with Crippen LogP contribution in [-0.4, -0.2) is 58.5 Å². The van der Waals surface area contributed by atoms with E-state index in [9.17, 15) is 14.7 Å². The highest BCUT2D eigenvalue weighted by atomic mass is 32.2. The van der Waals surface area contributed by atoms with Crippen LogP contribution in [0.5, 0.6) is 5.75 Å². The van der Waals surface area contributed by atoms with E-state index in [1.54, 1.807) is 28.8 Å². The van der Waals surface area contributed by atoms with Gasteiger partial charge in [-0.2, -0.15) is 0 Å². The highest BCUT2D eigenvalue weighted by Crippen LogP contribution is 2.42. The molecule has 0 saturated carbocycles. The summed E-state index contributed by atoms with van der Waals surface area (Å²) in [5, 5.41) is 13.1. The predicted octanol–water partition coefficient (Wildman–Crippen LogP) is 1.48. The smallest absolute Gasteiger partial charge is 0.354 e. The highest BCUT2D eigenvalue weighted by molar-refractivity contribution is 8.00. The standard InChI is InChI=1S/C19H24N2O5S/c1-3-9-25-19(24)16-12(2)11-27-18-15(17(23)21(16)18)20-14(22)10-26-13-7-5-4-6-8-13/h4-8,15,17-18,23H,3,9-11H2,1-2H3,(H,20,22). The highest BCUT2D eigenvalue weighted by Gasteiger charge is 2.53. The van der Waals surface area contributed by atoms with Crippen molar-refractivity contribution < 1.29 is 24.2 Å². The molecular weight excluding hydrogens is 368 g/mol.